The minimum Gasteiger partial charge on any atom is -0.468 e. The molecule has 0 aliphatic carbocycles. The van der Waals surface area contributed by atoms with Crippen LogP contribution in [0.1, 0.15) is 0 Å². The molecule has 0 radical (unpaired) electrons. The zero-order chi connectivity index (χ0) is 7.40. The molecule has 1 N–H and O–H groups in total. The van der Waals surface area contributed by atoms with E-state index >= 15 is 0 Å². The van der Waals surface area contributed by atoms with Crippen molar-refractivity contribution in [2.75, 3.05) is 25.2 Å². The average molecular weight is 161 g/mol. The van der Waals surface area contributed by atoms with Crippen LogP contribution in [0.25, 0.3) is 0 Å². The number of ether oxygens (including phenoxy) is 1. The number of carbonyl (C=O) groups excluding carboxylic acids is 1. The van der Waals surface area contributed by atoms with E-state index in [1.807, 2.05) is 0 Å². The summed E-state index contributed by atoms with van der Waals surface area (Å²) in [5, 5.41) is 3.07. The van der Waals surface area contributed by atoms with Crippen LogP contribution in [0, 0.1) is 0 Å². The SMILES string of the molecule is COC(=O)[C@H]1CSCCN1. The highest BCUT2D eigenvalue weighted by Crippen LogP contribution is 2.07. The Balaban J connectivity index is 2.31. The van der Waals surface area contributed by atoms with Crippen molar-refractivity contribution < 1.29 is 9.53 Å². The summed E-state index contributed by atoms with van der Waals surface area (Å²) in [7, 11) is 1.42. The molecule has 1 rings (SSSR count). The van der Waals surface area contributed by atoms with Crippen LogP contribution in [0.15, 0.2) is 0 Å². The van der Waals surface area contributed by atoms with Gasteiger partial charge in [0.05, 0.1) is 7.11 Å². The predicted molar refractivity (Wildman–Crippen MR) is 41.1 cm³/mol. The van der Waals surface area contributed by atoms with E-state index in [9.17, 15) is 4.79 Å². The molecular formula is C6H11NO2S. The second-order valence-corrected chi connectivity index (χ2v) is 3.25. The molecule has 4 heteroatoms. The van der Waals surface area contributed by atoms with Crippen LogP contribution in [0.3, 0.4) is 0 Å². The third kappa shape index (κ3) is 1.88. The molecule has 0 unspecified atom stereocenters. The number of methoxy groups -OCH3 is 1. The quantitative estimate of drug-likeness (QED) is 0.543. The average Bonchev–Trinajstić information content (AvgIpc) is 2.05. The summed E-state index contributed by atoms with van der Waals surface area (Å²) >= 11 is 1.78. The highest BCUT2D eigenvalue weighted by Gasteiger charge is 2.20. The Morgan fingerprint density at radius 2 is 2.60 bits per heavy atom. The molecule has 10 heavy (non-hydrogen) atoms. The lowest BCUT2D eigenvalue weighted by atomic mass is 10.3. The van der Waals surface area contributed by atoms with Crippen molar-refractivity contribution in [1.29, 1.82) is 0 Å². The minimum absolute atomic E-state index is 0.0799. The number of hydrogen-bond donors (Lipinski definition) is 1. The molecule has 3 nitrogen and oxygen atoms in total. The Bertz CT molecular complexity index is 123. The zero-order valence-corrected chi connectivity index (χ0v) is 6.74. The van der Waals surface area contributed by atoms with Crippen LogP contribution in [-0.2, 0) is 9.53 Å². The van der Waals surface area contributed by atoms with Crippen molar-refractivity contribution >= 4 is 17.7 Å². The van der Waals surface area contributed by atoms with Gasteiger partial charge in [-0.05, 0) is 0 Å². The Labute approximate surface area is 64.5 Å². The standard InChI is InChI=1S/C6H11NO2S/c1-9-6(8)5-4-10-3-2-7-5/h5,7H,2-4H2,1H3/t5-/m1/s1. The third-order valence-electron chi connectivity index (χ3n) is 1.41. The first-order chi connectivity index (χ1) is 4.84. The number of hydrogen-bond acceptors (Lipinski definition) is 4. The van der Waals surface area contributed by atoms with Gasteiger partial charge in [-0.3, -0.25) is 4.79 Å². The van der Waals surface area contributed by atoms with Crippen molar-refractivity contribution in [3.63, 3.8) is 0 Å². The number of rotatable bonds is 1. The lowest BCUT2D eigenvalue weighted by molar-refractivity contribution is -0.142. The molecule has 0 saturated carbocycles. The van der Waals surface area contributed by atoms with E-state index in [4.69, 9.17) is 0 Å². The number of nitrogens with one attached hydrogen (secondary N) is 1. The van der Waals surface area contributed by atoms with Gasteiger partial charge in [0.1, 0.15) is 6.04 Å². The molecule has 1 atom stereocenters. The Morgan fingerprint density at radius 1 is 1.80 bits per heavy atom. The smallest absolute Gasteiger partial charge is 0.323 e. The van der Waals surface area contributed by atoms with Gasteiger partial charge >= 0.3 is 5.97 Å². The molecule has 0 aromatic rings. The largest absolute Gasteiger partial charge is 0.468 e. The minimum atomic E-state index is -0.146. The molecule has 0 aromatic carbocycles. The van der Waals surface area contributed by atoms with E-state index in [1.54, 1.807) is 11.8 Å². The molecule has 0 aromatic heterocycles. The van der Waals surface area contributed by atoms with Gasteiger partial charge in [0.15, 0.2) is 0 Å². The van der Waals surface area contributed by atoms with Crippen LogP contribution in [0.5, 0.6) is 0 Å². The molecule has 0 spiro atoms. The normalized spacial score (nSPS) is 25.9. The first kappa shape index (κ1) is 7.88. The molecule has 1 heterocycles. The highest BCUT2D eigenvalue weighted by atomic mass is 32.2. The monoisotopic (exact) mass is 161 g/mol. The molecule has 1 aliphatic rings. The fourth-order valence-electron chi connectivity index (χ4n) is 0.859. The second kappa shape index (κ2) is 3.83. The summed E-state index contributed by atoms with van der Waals surface area (Å²) in [4.78, 5) is 10.9. The van der Waals surface area contributed by atoms with E-state index in [2.05, 4.69) is 10.1 Å². The first-order valence-corrected chi connectivity index (χ1v) is 4.39. The van der Waals surface area contributed by atoms with Gasteiger partial charge in [-0.25, -0.2) is 0 Å². The maximum atomic E-state index is 10.9. The van der Waals surface area contributed by atoms with E-state index < -0.39 is 0 Å². The number of thioether (sulfide) groups is 1. The van der Waals surface area contributed by atoms with E-state index in [-0.39, 0.29) is 12.0 Å². The van der Waals surface area contributed by atoms with Crippen LogP contribution in [-0.4, -0.2) is 37.2 Å². The maximum absolute atomic E-state index is 10.9. The lowest BCUT2D eigenvalue weighted by Crippen LogP contribution is -2.43. The van der Waals surface area contributed by atoms with Crippen LogP contribution in [0.4, 0.5) is 0 Å². The summed E-state index contributed by atoms with van der Waals surface area (Å²) in [6.45, 7) is 0.907. The predicted octanol–water partition coefficient (Wildman–Crippen LogP) is -0.136. The van der Waals surface area contributed by atoms with E-state index in [0.717, 1.165) is 18.1 Å². The van der Waals surface area contributed by atoms with E-state index in [1.165, 1.54) is 7.11 Å². The van der Waals surface area contributed by atoms with Gasteiger partial charge in [-0.15, -0.1) is 0 Å². The van der Waals surface area contributed by atoms with Gasteiger partial charge in [0, 0.05) is 18.1 Å². The Morgan fingerprint density at radius 3 is 3.10 bits per heavy atom. The van der Waals surface area contributed by atoms with Crippen molar-refractivity contribution in [2.45, 2.75) is 6.04 Å². The molecular weight excluding hydrogens is 150 g/mol. The van der Waals surface area contributed by atoms with Crippen molar-refractivity contribution in [3.8, 4) is 0 Å². The van der Waals surface area contributed by atoms with Crippen LogP contribution < -0.4 is 5.32 Å². The maximum Gasteiger partial charge on any atom is 0.323 e. The molecule has 1 saturated heterocycles. The Kier molecular flexibility index (Phi) is 3.02. The zero-order valence-electron chi connectivity index (χ0n) is 5.92. The van der Waals surface area contributed by atoms with E-state index in [0.29, 0.717) is 0 Å². The second-order valence-electron chi connectivity index (χ2n) is 2.10. The van der Waals surface area contributed by atoms with Gasteiger partial charge < -0.3 is 10.1 Å². The van der Waals surface area contributed by atoms with Gasteiger partial charge in [-0.1, -0.05) is 0 Å². The number of esters is 1. The molecule has 0 amide bonds. The van der Waals surface area contributed by atoms with Crippen molar-refractivity contribution in [1.82, 2.24) is 5.32 Å². The topological polar surface area (TPSA) is 38.3 Å². The summed E-state index contributed by atoms with van der Waals surface area (Å²) in [5.74, 6) is 1.78. The summed E-state index contributed by atoms with van der Waals surface area (Å²) < 4.78 is 4.57. The lowest BCUT2D eigenvalue weighted by Gasteiger charge is -2.20. The molecule has 1 aliphatic heterocycles. The first-order valence-electron chi connectivity index (χ1n) is 3.23. The fraction of sp³-hybridized carbons (Fsp3) is 0.833. The van der Waals surface area contributed by atoms with Gasteiger partial charge in [-0.2, -0.15) is 11.8 Å². The van der Waals surface area contributed by atoms with Crippen LogP contribution in [0.2, 0.25) is 0 Å². The summed E-state index contributed by atoms with van der Waals surface area (Å²) in [5.41, 5.74) is 0. The molecule has 1 fully saturated rings. The summed E-state index contributed by atoms with van der Waals surface area (Å²) in [6, 6.07) is -0.0799. The van der Waals surface area contributed by atoms with Gasteiger partial charge in [0.25, 0.3) is 0 Å². The fourth-order valence-corrected chi connectivity index (χ4v) is 1.78. The van der Waals surface area contributed by atoms with Crippen LogP contribution >= 0.6 is 11.8 Å². The van der Waals surface area contributed by atoms with Crippen molar-refractivity contribution in [3.05, 3.63) is 0 Å². The number of carbonyl (C=O) groups is 1. The molecule has 58 valence electrons. The summed E-state index contributed by atoms with van der Waals surface area (Å²) in [6.07, 6.45) is 0. The third-order valence-corrected chi connectivity index (χ3v) is 2.47. The van der Waals surface area contributed by atoms with Crippen molar-refractivity contribution in [2.24, 2.45) is 0 Å². The molecule has 0 bridgehead atoms. The van der Waals surface area contributed by atoms with Gasteiger partial charge in [0.2, 0.25) is 0 Å². The highest BCUT2D eigenvalue weighted by molar-refractivity contribution is 7.99. The Hall–Kier alpha value is -0.220.